The van der Waals surface area contributed by atoms with Crippen molar-refractivity contribution in [2.45, 2.75) is 52.2 Å². The molecule has 104 valence electrons. The van der Waals surface area contributed by atoms with E-state index in [-0.39, 0.29) is 5.97 Å². The largest absolute Gasteiger partial charge is 0.464 e. The molecular weight excluding hydrogens is 240 g/mol. The number of benzene rings is 1. The van der Waals surface area contributed by atoms with Crippen LogP contribution in [0.3, 0.4) is 0 Å². The second-order valence-electron chi connectivity index (χ2n) is 5.41. The van der Waals surface area contributed by atoms with Crippen LogP contribution < -0.4 is 0 Å². The van der Waals surface area contributed by atoms with E-state index in [0.29, 0.717) is 13.0 Å². The molecule has 3 nitrogen and oxygen atoms in total. The number of aryl methyl sites for hydroxylation is 2. The predicted octanol–water partition coefficient (Wildman–Crippen LogP) is 3.26. The normalized spacial score (nSPS) is 29.1. The topological polar surface area (TPSA) is 38.8 Å². The van der Waals surface area contributed by atoms with Crippen LogP contribution in [0.4, 0.5) is 0 Å². The quantitative estimate of drug-likeness (QED) is 0.617. The molecule has 2 unspecified atom stereocenters. The zero-order valence-corrected chi connectivity index (χ0v) is 12.4. The molecule has 0 aliphatic carbocycles. The summed E-state index contributed by atoms with van der Waals surface area (Å²) in [5.41, 5.74) is 2.04. The van der Waals surface area contributed by atoms with E-state index >= 15 is 0 Å². The Labute approximate surface area is 114 Å². The lowest BCUT2D eigenvalue weighted by Crippen LogP contribution is -2.32. The summed E-state index contributed by atoms with van der Waals surface area (Å²) in [6.45, 7) is 10.2. The molecule has 19 heavy (non-hydrogen) atoms. The molecule has 1 saturated heterocycles. The molecule has 0 spiro atoms. The van der Waals surface area contributed by atoms with Crippen molar-refractivity contribution in [1.82, 2.24) is 0 Å². The van der Waals surface area contributed by atoms with Crippen molar-refractivity contribution in [3.8, 4) is 0 Å². The summed E-state index contributed by atoms with van der Waals surface area (Å²) < 4.78 is 11.1. The van der Waals surface area contributed by atoms with Gasteiger partial charge in [-0.2, -0.15) is 0 Å². The Morgan fingerprint density at radius 2 is 1.79 bits per heavy atom. The lowest BCUT2D eigenvalue weighted by Gasteiger charge is -2.15. The molecule has 1 fully saturated rings. The van der Waals surface area contributed by atoms with Crippen LogP contribution in [0.2, 0.25) is 0 Å². The van der Waals surface area contributed by atoms with E-state index in [1.54, 1.807) is 0 Å². The summed E-state index contributed by atoms with van der Waals surface area (Å²) in [5.74, 6) is -0.251. The zero-order chi connectivity index (χ0) is 14.3. The first kappa shape index (κ1) is 14.1. The maximum absolute atomic E-state index is 12.2. The van der Waals surface area contributed by atoms with Crippen LogP contribution in [-0.4, -0.2) is 18.2 Å². The van der Waals surface area contributed by atoms with Gasteiger partial charge in [-0.3, -0.25) is 0 Å². The lowest BCUT2D eigenvalue weighted by atomic mass is 9.84. The van der Waals surface area contributed by atoms with Crippen molar-refractivity contribution >= 4 is 5.97 Å². The van der Waals surface area contributed by atoms with Gasteiger partial charge < -0.3 is 9.47 Å². The van der Waals surface area contributed by atoms with Gasteiger partial charge in [0.2, 0.25) is 0 Å². The highest BCUT2D eigenvalue weighted by molar-refractivity contribution is 5.85. The van der Waals surface area contributed by atoms with Gasteiger partial charge in [0.05, 0.1) is 6.61 Å². The molecule has 1 aromatic rings. The molecule has 3 heteroatoms. The highest BCUT2D eigenvalue weighted by Crippen LogP contribution is 2.58. The fourth-order valence-electron chi connectivity index (χ4n) is 2.90. The van der Waals surface area contributed by atoms with Gasteiger partial charge in [-0.1, -0.05) is 36.2 Å². The van der Waals surface area contributed by atoms with Crippen LogP contribution in [0.25, 0.3) is 0 Å². The number of hydrogen-bond donors (Lipinski definition) is 0. The summed E-state index contributed by atoms with van der Waals surface area (Å²) in [4.78, 5) is 12.2. The summed E-state index contributed by atoms with van der Waals surface area (Å²) in [6, 6.07) is 6.29. The number of rotatable bonds is 4. The molecule has 0 amide bonds. The van der Waals surface area contributed by atoms with Crippen LogP contribution >= 0.6 is 0 Å². The Bertz CT molecular complexity index is 488. The Balaban J connectivity index is 2.37. The SMILES string of the molecule is CCOC(=O)C1(CC)OC1(C)c1cc(C)cc(C)c1. The van der Waals surface area contributed by atoms with Gasteiger partial charge in [-0.05, 0) is 39.7 Å². The van der Waals surface area contributed by atoms with Gasteiger partial charge >= 0.3 is 5.97 Å². The molecule has 1 heterocycles. The predicted molar refractivity (Wildman–Crippen MR) is 74.0 cm³/mol. The summed E-state index contributed by atoms with van der Waals surface area (Å²) in [6.07, 6.45) is 0.620. The average molecular weight is 262 g/mol. The Hall–Kier alpha value is -1.35. The van der Waals surface area contributed by atoms with Crippen molar-refractivity contribution < 1.29 is 14.3 Å². The minimum atomic E-state index is -0.816. The minimum absolute atomic E-state index is 0.251. The van der Waals surface area contributed by atoms with E-state index in [0.717, 1.165) is 5.56 Å². The third-order valence-corrected chi connectivity index (χ3v) is 3.98. The summed E-state index contributed by atoms with van der Waals surface area (Å²) in [7, 11) is 0. The molecule has 0 aromatic heterocycles. The van der Waals surface area contributed by atoms with Gasteiger partial charge in [-0.15, -0.1) is 0 Å². The molecule has 1 aromatic carbocycles. The first-order valence-corrected chi connectivity index (χ1v) is 6.85. The highest BCUT2D eigenvalue weighted by Gasteiger charge is 2.72. The minimum Gasteiger partial charge on any atom is -0.464 e. The molecule has 1 aliphatic heterocycles. The van der Waals surface area contributed by atoms with E-state index in [1.807, 2.05) is 20.8 Å². The van der Waals surface area contributed by atoms with Gasteiger partial charge in [0.15, 0.2) is 5.60 Å². The van der Waals surface area contributed by atoms with Gasteiger partial charge in [-0.25, -0.2) is 4.79 Å². The number of esters is 1. The fourth-order valence-corrected chi connectivity index (χ4v) is 2.90. The van der Waals surface area contributed by atoms with Crippen LogP contribution in [0.1, 0.15) is 43.9 Å². The van der Waals surface area contributed by atoms with Crippen LogP contribution in [0, 0.1) is 13.8 Å². The van der Waals surface area contributed by atoms with E-state index < -0.39 is 11.2 Å². The number of carbonyl (C=O) groups is 1. The summed E-state index contributed by atoms with van der Waals surface area (Å²) in [5, 5.41) is 0. The smallest absolute Gasteiger partial charge is 0.341 e. The second kappa shape index (κ2) is 4.64. The van der Waals surface area contributed by atoms with E-state index in [1.165, 1.54) is 11.1 Å². The van der Waals surface area contributed by atoms with E-state index in [4.69, 9.17) is 9.47 Å². The summed E-state index contributed by atoms with van der Waals surface area (Å²) >= 11 is 0. The third kappa shape index (κ3) is 2.06. The first-order chi connectivity index (χ1) is 8.89. The number of ether oxygens (including phenoxy) is 2. The molecule has 0 bridgehead atoms. The third-order valence-electron chi connectivity index (χ3n) is 3.98. The van der Waals surface area contributed by atoms with Crippen molar-refractivity contribution in [3.05, 3.63) is 34.9 Å². The molecule has 0 saturated carbocycles. The Morgan fingerprint density at radius 1 is 1.21 bits per heavy atom. The lowest BCUT2D eigenvalue weighted by molar-refractivity contribution is -0.149. The molecule has 0 radical (unpaired) electrons. The van der Waals surface area contributed by atoms with Crippen LogP contribution in [0.15, 0.2) is 18.2 Å². The monoisotopic (exact) mass is 262 g/mol. The maximum atomic E-state index is 12.2. The van der Waals surface area contributed by atoms with Gasteiger partial charge in [0.25, 0.3) is 0 Å². The highest BCUT2D eigenvalue weighted by atomic mass is 16.7. The Kier molecular flexibility index (Phi) is 3.43. The first-order valence-electron chi connectivity index (χ1n) is 6.85. The van der Waals surface area contributed by atoms with E-state index in [9.17, 15) is 4.79 Å². The van der Waals surface area contributed by atoms with Crippen LogP contribution in [0.5, 0.6) is 0 Å². The maximum Gasteiger partial charge on any atom is 0.341 e. The molecule has 2 atom stereocenters. The standard InChI is InChI=1S/C16H22O3/c1-6-16(14(17)18-7-2)15(5,19-16)13-9-11(3)8-12(4)10-13/h8-10H,6-7H2,1-5H3. The number of hydrogen-bond acceptors (Lipinski definition) is 3. The van der Waals surface area contributed by atoms with E-state index in [2.05, 4.69) is 32.0 Å². The zero-order valence-electron chi connectivity index (χ0n) is 12.4. The van der Waals surface area contributed by atoms with Crippen molar-refractivity contribution in [3.63, 3.8) is 0 Å². The number of carbonyl (C=O) groups excluding carboxylic acids is 1. The molecule has 2 rings (SSSR count). The van der Waals surface area contributed by atoms with Crippen LogP contribution in [-0.2, 0) is 19.9 Å². The van der Waals surface area contributed by atoms with Crippen molar-refractivity contribution in [2.75, 3.05) is 6.61 Å². The molecule has 1 aliphatic rings. The number of epoxide rings is 1. The van der Waals surface area contributed by atoms with Crippen molar-refractivity contribution in [2.24, 2.45) is 0 Å². The Morgan fingerprint density at radius 3 is 2.26 bits per heavy atom. The molecule has 0 N–H and O–H groups in total. The van der Waals surface area contributed by atoms with Gasteiger partial charge in [0.1, 0.15) is 5.60 Å². The fraction of sp³-hybridized carbons (Fsp3) is 0.562. The average Bonchev–Trinajstić information content (AvgIpc) is 2.97. The molecular formula is C16H22O3. The van der Waals surface area contributed by atoms with Crippen molar-refractivity contribution in [1.29, 1.82) is 0 Å². The van der Waals surface area contributed by atoms with Gasteiger partial charge in [0, 0.05) is 0 Å². The second-order valence-corrected chi connectivity index (χ2v) is 5.41.